The maximum atomic E-state index is 5.65. The summed E-state index contributed by atoms with van der Waals surface area (Å²) >= 11 is 0. The van der Waals surface area contributed by atoms with Gasteiger partial charge in [0.15, 0.2) is 0 Å². The molecule has 1 N–H and O–H groups in total. The van der Waals surface area contributed by atoms with Gasteiger partial charge in [0.25, 0.3) is 0 Å². The van der Waals surface area contributed by atoms with Crippen LogP contribution < -0.4 is 5.32 Å². The van der Waals surface area contributed by atoms with E-state index in [1.807, 2.05) is 6.92 Å². The maximum absolute atomic E-state index is 5.65. The predicted molar refractivity (Wildman–Crippen MR) is 64.7 cm³/mol. The number of anilines is 1. The van der Waals surface area contributed by atoms with Crippen LogP contribution in [0.15, 0.2) is 6.20 Å². The zero-order valence-corrected chi connectivity index (χ0v) is 10.4. The van der Waals surface area contributed by atoms with Crippen molar-refractivity contribution in [2.45, 2.75) is 52.3 Å². The van der Waals surface area contributed by atoms with E-state index in [0.717, 1.165) is 24.8 Å². The molecule has 0 spiro atoms. The molecule has 1 aromatic rings. The molecule has 0 amide bonds. The normalized spacial score (nSPS) is 20.6. The largest absolute Gasteiger partial charge is 0.376 e. The summed E-state index contributed by atoms with van der Waals surface area (Å²) in [6.07, 6.45) is 4.80. The Labute approximate surface area is 97.0 Å². The second-order valence-electron chi connectivity index (χ2n) is 4.79. The van der Waals surface area contributed by atoms with Gasteiger partial charge in [-0.05, 0) is 33.6 Å². The van der Waals surface area contributed by atoms with Gasteiger partial charge in [0.1, 0.15) is 0 Å². The van der Waals surface area contributed by atoms with Gasteiger partial charge in [0.2, 0.25) is 5.95 Å². The molecule has 0 radical (unpaired) electrons. The van der Waals surface area contributed by atoms with Crippen molar-refractivity contribution in [1.29, 1.82) is 0 Å². The highest BCUT2D eigenvalue weighted by molar-refractivity contribution is 5.29. The average molecular weight is 223 g/mol. The summed E-state index contributed by atoms with van der Waals surface area (Å²) < 4.78 is 7.82. The van der Waals surface area contributed by atoms with Gasteiger partial charge in [-0.15, -0.1) is 0 Å². The molecule has 4 nitrogen and oxygen atoms in total. The van der Waals surface area contributed by atoms with Crippen LogP contribution in [0.3, 0.4) is 0 Å². The molecule has 1 atom stereocenters. The minimum atomic E-state index is 0.362. The molecule has 0 aliphatic carbocycles. The monoisotopic (exact) mass is 223 g/mol. The predicted octanol–water partition coefficient (Wildman–Crippen LogP) is 2.19. The Morgan fingerprint density at radius 3 is 3.06 bits per heavy atom. The van der Waals surface area contributed by atoms with Crippen LogP contribution in [-0.2, 0) is 11.3 Å². The highest BCUT2D eigenvalue weighted by Crippen LogP contribution is 2.17. The van der Waals surface area contributed by atoms with Crippen LogP contribution in [0.25, 0.3) is 0 Å². The lowest BCUT2D eigenvalue weighted by atomic mass is 10.2. The van der Waals surface area contributed by atoms with Gasteiger partial charge in [-0.3, -0.25) is 0 Å². The van der Waals surface area contributed by atoms with Crippen LogP contribution in [0.4, 0.5) is 5.95 Å². The Kier molecular flexibility index (Phi) is 3.49. The average Bonchev–Trinajstić information content (AvgIpc) is 2.77. The van der Waals surface area contributed by atoms with Crippen LogP contribution in [0.1, 0.15) is 32.4 Å². The number of hydrogen-bond donors (Lipinski definition) is 1. The van der Waals surface area contributed by atoms with E-state index in [-0.39, 0.29) is 0 Å². The minimum absolute atomic E-state index is 0.362. The van der Waals surface area contributed by atoms with Crippen molar-refractivity contribution in [3.05, 3.63) is 11.9 Å². The molecule has 0 saturated carbocycles. The third-order valence-corrected chi connectivity index (χ3v) is 2.74. The first kappa shape index (κ1) is 11.5. The summed E-state index contributed by atoms with van der Waals surface area (Å²) in [5.74, 6) is 0.961. The lowest BCUT2D eigenvalue weighted by Crippen LogP contribution is -2.19. The number of hydrogen-bond acceptors (Lipinski definition) is 3. The molecule has 90 valence electrons. The standard InChI is InChI=1S/C12H21N3O/c1-9(2)13-12-14-10(3)7-15(12)8-11-5-4-6-16-11/h7,9,11H,4-6,8H2,1-3H3,(H,13,14). The van der Waals surface area contributed by atoms with Crippen molar-refractivity contribution in [2.24, 2.45) is 0 Å². The first-order valence-corrected chi connectivity index (χ1v) is 6.07. The topological polar surface area (TPSA) is 39.1 Å². The maximum Gasteiger partial charge on any atom is 0.203 e. The van der Waals surface area contributed by atoms with E-state index < -0.39 is 0 Å². The lowest BCUT2D eigenvalue weighted by molar-refractivity contribution is 0.0974. The third kappa shape index (κ3) is 2.76. The Balaban J connectivity index is 2.05. The van der Waals surface area contributed by atoms with Gasteiger partial charge in [-0.2, -0.15) is 0 Å². The fourth-order valence-electron chi connectivity index (χ4n) is 2.07. The van der Waals surface area contributed by atoms with Crippen LogP contribution in [-0.4, -0.2) is 28.3 Å². The van der Waals surface area contributed by atoms with Gasteiger partial charge >= 0.3 is 0 Å². The van der Waals surface area contributed by atoms with E-state index in [0.29, 0.717) is 12.1 Å². The zero-order valence-electron chi connectivity index (χ0n) is 10.4. The Hall–Kier alpha value is -1.03. The van der Waals surface area contributed by atoms with Crippen LogP contribution in [0.2, 0.25) is 0 Å². The Morgan fingerprint density at radius 1 is 1.62 bits per heavy atom. The first-order chi connectivity index (χ1) is 7.65. The number of nitrogens with one attached hydrogen (secondary N) is 1. The summed E-state index contributed by atoms with van der Waals surface area (Å²) in [5.41, 5.74) is 1.06. The van der Waals surface area contributed by atoms with Crippen LogP contribution in [0, 0.1) is 6.92 Å². The number of ether oxygens (including phenoxy) is 1. The van der Waals surface area contributed by atoms with Crippen molar-refractivity contribution in [2.75, 3.05) is 11.9 Å². The minimum Gasteiger partial charge on any atom is -0.376 e. The van der Waals surface area contributed by atoms with E-state index in [1.165, 1.54) is 12.8 Å². The summed E-state index contributed by atoms with van der Waals surface area (Å²) in [5, 5.41) is 3.36. The van der Waals surface area contributed by atoms with Gasteiger partial charge in [0.05, 0.1) is 18.3 Å². The second kappa shape index (κ2) is 4.87. The van der Waals surface area contributed by atoms with Crippen LogP contribution >= 0.6 is 0 Å². The molecule has 1 aromatic heterocycles. The van der Waals surface area contributed by atoms with E-state index in [9.17, 15) is 0 Å². The molecule has 1 unspecified atom stereocenters. The Bertz CT molecular complexity index is 340. The fraction of sp³-hybridized carbons (Fsp3) is 0.750. The molecule has 0 aromatic carbocycles. The summed E-state index contributed by atoms with van der Waals surface area (Å²) in [4.78, 5) is 4.49. The number of rotatable bonds is 4. The van der Waals surface area contributed by atoms with Crippen molar-refractivity contribution in [3.8, 4) is 0 Å². The quantitative estimate of drug-likeness (QED) is 0.850. The molecule has 1 saturated heterocycles. The highest BCUT2D eigenvalue weighted by atomic mass is 16.5. The van der Waals surface area contributed by atoms with Crippen molar-refractivity contribution < 1.29 is 4.74 Å². The van der Waals surface area contributed by atoms with Gasteiger partial charge in [-0.1, -0.05) is 0 Å². The number of imidazole rings is 1. The van der Waals surface area contributed by atoms with Gasteiger partial charge in [-0.25, -0.2) is 4.98 Å². The molecule has 2 rings (SSSR count). The number of aromatic nitrogens is 2. The second-order valence-corrected chi connectivity index (χ2v) is 4.79. The molecular formula is C12H21N3O. The summed E-state index contributed by atoms with van der Waals surface area (Å²) in [7, 11) is 0. The van der Waals surface area contributed by atoms with E-state index >= 15 is 0 Å². The zero-order chi connectivity index (χ0) is 11.5. The van der Waals surface area contributed by atoms with Gasteiger partial charge < -0.3 is 14.6 Å². The molecule has 16 heavy (non-hydrogen) atoms. The first-order valence-electron chi connectivity index (χ1n) is 6.07. The van der Waals surface area contributed by atoms with E-state index in [2.05, 4.69) is 34.9 Å². The fourth-order valence-corrected chi connectivity index (χ4v) is 2.07. The van der Waals surface area contributed by atoms with Crippen molar-refractivity contribution in [1.82, 2.24) is 9.55 Å². The van der Waals surface area contributed by atoms with Gasteiger partial charge in [0, 0.05) is 18.8 Å². The number of aryl methyl sites for hydroxylation is 1. The smallest absolute Gasteiger partial charge is 0.203 e. The summed E-state index contributed by atoms with van der Waals surface area (Å²) in [6.45, 7) is 8.10. The molecule has 1 aliphatic heterocycles. The molecule has 0 bridgehead atoms. The molecular weight excluding hydrogens is 202 g/mol. The lowest BCUT2D eigenvalue weighted by Gasteiger charge is -2.15. The SMILES string of the molecule is Cc1cn(CC2CCCO2)c(NC(C)C)n1. The van der Waals surface area contributed by atoms with E-state index in [4.69, 9.17) is 4.74 Å². The number of nitrogens with zero attached hydrogens (tertiary/aromatic N) is 2. The molecule has 1 aliphatic rings. The van der Waals surface area contributed by atoms with Crippen LogP contribution in [0.5, 0.6) is 0 Å². The van der Waals surface area contributed by atoms with Crippen molar-refractivity contribution >= 4 is 5.95 Å². The Morgan fingerprint density at radius 2 is 2.44 bits per heavy atom. The van der Waals surface area contributed by atoms with Crippen molar-refractivity contribution in [3.63, 3.8) is 0 Å². The van der Waals surface area contributed by atoms with E-state index in [1.54, 1.807) is 0 Å². The third-order valence-electron chi connectivity index (χ3n) is 2.74. The summed E-state index contributed by atoms with van der Waals surface area (Å²) in [6, 6.07) is 0.407. The highest BCUT2D eigenvalue weighted by Gasteiger charge is 2.18. The molecule has 1 fully saturated rings. The molecule has 4 heteroatoms. The molecule has 2 heterocycles.